The SMILES string of the molecule is Cc1nn(C[C@@H](C)C(=O)NC2CCCC2)c(C)c1Cl. The molecule has 1 N–H and O–H groups in total. The normalized spacial score (nSPS) is 17.7. The molecule has 1 saturated carbocycles. The molecule has 1 amide bonds. The Labute approximate surface area is 119 Å². The lowest BCUT2D eigenvalue weighted by molar-refractivity contribution is -0.125. The van der Waals surface area contributed by atoms with Crippen LogP contribution in [0.25, 0.3) is 0 Å². The van der Waals surface area contributed by atoms with Crippen molar-refractivity contribution in [1.82, 2.24) is 15.1 Å². The molecule has 0 spiro atoms. The van der Waals surface area contributed by atoms with Crippen molar-refractivity contribution >= 4 is 17.5 Å². The van der Waals surface area contributed by atoms with Gasteiger partial charge in [0.15, 0.2) is 0 Å². The lowest BCUT2D eigenvalue weighted by Gasteiger charge is -2.17. The van der Waals surface area contributed by atoms with Crippen LogP contribution in [0.15, 0.2) is 0 Å². The smallest absolute Gasteiger partial charge is 0.224 e. The Morgan fingerprint density at radius 1 is 1.47 bits per heavy atom. The van der Waals surface area contributed by atoms with Gasteiger partial charge in [0.05, 0.1) is 28.9 Å². The minimum Gasteiger partial charge on any atom is -0.353 e. The summed E-state index contributed by atoms with van der Waals surface area (Å²) >= 11 is 6.11. The molecule has 19 heavy (non-hydrogen) atoms. The predicted molar refractivity (Wildman–Crippen MR) is 76.3 cm³/mol. The van der Waals surface area contributed by atoms with Crippen LogP contribution in [-0.4, -0.2) is 21.7 Å². The Bertz CT molecular complexity index is 464. The molecule has 1 aliphatic carbocycles. The van der Waals surface area contributed by atoms with E-state index in [1.54, 1.807) is 0 Å². The first-order valence-electron chi connectivity index (χ1n) is 6.99. The summed E-state index contributed by atoms with van der Waals surface area (Å²) in [7, 11) is 0. The summed E-state index contributed by atoms with van der Waals surface area (Å²) in [4.78, 5) is 12.1. The molecule has 0 saturated heterocycles. The minimum atomic E-state index is -0.0883. The maximum absolute atomic E-state index is 12.1. The lowest BCUT2D eigenvalue weighted by atomic mass is 10.1. The summed E-state index contributed by atoms with van der Waals surface area (Å²) in [6.07, 6.45) is 4.69. The van der Waals surface area contributed by atoms with E-state index in [1.165, 1.54) is 12.8 Å². The number of carbonyl (C=O) groups excluding carboxylic acids is 1. The third-order valence-electron chi connectivity index (χ3n) is 3.89. The molecular formula is C14H22ClN3O. The molecule has 0 aliphatic heterocycles. The molecule has 1 aromatic heterocycles. The highest BCUT2D eigenvalue weighted by molar-refractivity contribution is 6.31. The summed E-state index contributed by atoms with van der Waals surface area (Å²) in [5, 5.41) is 8.19. The Kier molecular flexibility index (Phi) is 4.50. The minimum absolute atomic E-state index is 0.0883. The third kappa shape index (κ3) is 3.30. The van der Waals surface area contributed by atoms with Gasteiger partial charge >= 0.3 is 0 Å². The fourth-order valence-corrected chi connectivity index (χ4v) is 2.74. The van der Waals surface area contributed by atoms with E-state index in [0.29, 0.717) is 17.6 Å². The monoisotopic (exact) mass is 283 g/mol. The third-order valence-corrected chi connectivity index (χ3v) is 4.44. The molecule has 4 nitrogen and oxygen atoms in total. The van der Waals surface area contributed by atoms with Crippen molar-refractivity contribution in [2.75, 3.05) is 0 Å². The van der Waals surface area contributed by atoms with Gasteiger partial charge in [0, 0.05) is 6.04 Å². The van der Waals surface area contributed by atoms with Crippen LogP contribution in [-0.2, 0) is 11.3 Å². The highest BCUT2D eigenvalue weighted by atomic mass is 35.5. The largest absolute Gasteiger partial charge is 0.353 e. The molecule has 5 heteroatoms. The summed E-state index contributed by atoms with van der Waals surface area (Å²) < 4.78 is 1.83. The average molecular weight is 284 g/mol. The van der Waals surface area contributed by atoms with E-state index >= 15 is 0 Å². The van der Waals surface area contributed by atoms with Crippen molar-refractivity contribution in [2.45, 2.75) is 59.0 Å². The van der Waals surface area contributed by atoms with E-state index in [2.05, 4.69) is 10.4 Å². The van der Waals surface area contributed by atoms with Crippen LogP contribution in [0.1, 0.15) is 44.0 Å². The van der Waals surface area contributed by atoms with Gasteiger partial charge in [0.1, 0.15) is 0 Å². The number of aromatic nitrogens is 2. The van der Waals surface area contributed by atoms with Crippen LogP contribution >= 0.6 is 11.6 Å². The Morgan fingerprint density at radius 2 is 2.11 bits per heavy atom. The van der Waals surface area contributed by atoms with E-state index in [4.69, 9.17) is 11.6 Å². The number of nitrogens with one attached hydrogen (secondary N) is 1. The maximum atomic E-state index is 12.1. The standard InChI is InChI=1S/C14H22ClN3O/c1-9(14(19)16-12-6-4-5-7-12)8-18-11(3)13(15)10(2)17-18/h9,12H,4-8H2,1-3H3,(H,16,19)/t9-/m1/s1. The van der Waals surface area contributed by atoms with Gasteiger partial charge < -0.3 is 5.32 Å². The number of aryl methyl sites for hydroxylation is 1. The molecule has 0 radical (unpaired) electrons. The van der Waals surface area contributed by atoms with Crippen molar-refractivity contribution < 1.29 is 4.79 Å². The number of hydrogen-bond acceptors (Lipinski definition) is 2. The highest BCUT2D eigenvalue weighted by Crippen LogP contribution is 2.21. The number of nitrogens with zero attached hydrogens (tertiary/aromatic N) is 2. The van der Waals surface area contributed by atoms with Gasteiger partial charge in [-0.05, 0) is 26.7 Å². The fraction of sp³-hybridized carbons (Fsp3) is 0.714. The number of amides is 1. The van der Waals surface area contributed by atoms with E-state index in [0.717, 1.165) is 24.2 Å². The van der Waals surface area contributed by atoms with Crippen molar-refractivity contribution in [3.63, 3.8) is 0 Å². The zero-order valence-corrected chi connectivity index (χ0v) is 12.6. The molecule has 1 aliphatic rings. The molecule has 1 fully saturated rings. The van der Waals surface area contributed by atoms with Gasteiger partial charge in [-0.2, -0.15) is 5.10 Å². The van der Waals surface area contributed by atoms with Crippen molar-refractivity contribution in [2.24, 2.45) is 5.92 Å². The number of hydrogen-bond donors (Lipinski definition) is 1. The number of rotatable bonds is 4. The van der Waals surface area contributed by atoms with Gasteiger partial charge in [-0.3, -0.25) is 9.48 Å². The van der Waals surface area contributed by atoms with Crippen molar-refractivity contribution in [3.8, 4) is 0 Å². The van der Waals surface area contributed by atoms with E-state index in [9.17, 15) is 4.79 Å². The molecule has 0 bridgehead atoms. The second kappa shape index (κ2) is 5.95. The lowest BCUT2D eigenvalue weighted by Crippen LogP contribution is -2.38. The average Bonchev–Trinajstić information content (AvgIpc) is 2.95. The summed E-state index contributed by atoms with van der Waals surface area (Å²) in [6, 6.07) is 0.374. The van der Waals surface area contributed by atoms with E-state index in [-0.39, 0.29) is 11.8 Å². The quantitative estimate of drug-likeness (QED) is 0.924. The Hall–Kier alpha value is -1.03. The topological polar surface area (TPSA) is 46.9 Å². The van der Waals surface area contributed by atoms with Crippen LogP contribution in [0, 0.1) is 19.8 Å². The van der Waals surface area contributed by atoms with Crippen LogP contribution < -0.4 is 5.32 Å². The maximum Gasteiger partial charge on any atom is 0.224 e. The van der Waals surface area contributed by atoms with Gasteiger partial charge in [0.2, 0.25) is 5.91 Å². The molecule has 1 heterocycles. The van der Waals surface area contributed by atoms with Crippen LogP contribution in [0.2, 0.25) is 5.02 Å². The second-order valence-electron chi connectivity index (χ2n) is 5.56. The molecule has 0 aromatic carbocycles. The van der Waals surface area contributed by atoms with Gasteiger partial charge in [-0.1, -0.05) is 31.4 Å². The van der Waals surface area contributed by atoms with Crippen LogP contribution in [0.3, 0.4) is 0 Å². The van der Waals surface area contributed by atoms with Gasteiger partial charge in [-0.15, -0.1) is 0 Å². The first kappa shape index (κ1) is 14.4. The fourth-order valence-electron chi connectivity index (χ4n) is 2.61. The predicted octanol–water partition coefficient (Wildman–Crippen LogP) is 2.85. The summed E-state index contributed by atoms with van der Waals surface area (Å²) in [5.74, 6) is 0.0326. The van der Waals surface area contributed by atoms with Crippen LogP contribution in [0.5, 0.6) is 0 Å². The Balaban J connectivity index is 1.94. The van der Waals surface area contributed by atoms with Crippen molar-refractivity contribution in [1.29, 1.82) is 0 Å². The van der Waals surface area contributed by atoms with Gasteiger partial charge in [-0.25, -0.2) is 0 Å². The van der Waals surface area contributed by atoms with Crippen molar-refractivity contribution in [3.05, 3.63) is 16.4 Å². The second-order valence-corrected chi connectivity index (χ2v) is 5.94. The summed E-state index contributed by atoms with van der Waals surface area (Å²) in [6.45, 7) is 6.34. The van der Waals surface area contributed by atoms with Crippen LogP contribution in [0.4, 0.5) is 0 Å². The van der Waals surface area contributed by atoms with E-state index < -0.39 is 0 Å². The molecule has 1 atom stereocenters. The highest BCUT2D eigenvalue weighted by Gasteiger charge is 2.22. The zero-order valence-electron chi connectivity index (χ0n) is 11.9. The molecule has 1 aromatic rings. The number of carbonyl (C=O) groups is 1. The molecule has 2 rings (SSSR count). The molecular weight excluding hydrogens is 262 g/mol. The first-order valence-corrected chi connectivity index (χ1v) is 7.36. The molecule has 0 unspecified atom stereocenters. The first-order chi connectivity index (χ1) is 8.99. The number of halogens is 1. The van der Waals surface area contributed by atoms with Gasteiger partial charge in [0.25, 0.3) is 0 Å². The Morgan fingerprint density at radius 3 is 2.63 bits per heavy atom. The van der Waals surface area contributed by atoms with E-state index in [1.807, 2.05) is 25.5 Å². The zero-order chi connectivity index (χ0) is 14.0. The molecule has 106 valence electrons. The summed E-state index contributed by atoms with van der Waals surface area (Å²) in [5.41, 5.74) is 1.75.